The van der Waals surface area contributed by atoms with Gasteiger partial charge in [-0.05, 0) is 41.4 Å². The molecule has 1 aliphatic rings. The molecule has 1 aliphatic carbocycles. The first-order valence-corrected chi connectivity index (χ1v) is 6.45. The van der Waals surface area contributed by atoms with Gasteiger partial charge in [0.25, 0.3) is 0 Å². The molecular formula is C16H22. The first kappa shape index (κ1) is 11.4. The zero-order chi connectivity index (χ0) is 11.7. The number of fused-ring (bicyclic) bond motifs is 1. The van der Waals surface area contributed by atoms with Crippen LogP contribution in [0, 0.1) is 5.92 Å². The van der Waals surface area contributed by atoms with Crippen molar-refractivity contribution in [3.63, 3.8) is 0 Å². The molecule has 0 radical (unpaired) electrons. The van der Waals surface area contributed by atoms with Gasteiger partial charge in [-0.1, -0.05) is 57.5 Å². The maximum atomic E-state index is 2.43. The number of allylic oxidation sites excluding steroid dienone is 1. The highest BCUT2D eigenvalue weighted by Crippen LogP contribution is 2.35. The third kappa shape index (κ3) is 1.93. The van der Waals surface area contributed by atoms with Crippen LogP contribution >= 0.6 is 0 Å². The van der Waals surface area contributed by atoms with Crippen LogP contribution in [0.25, 0.3) is 6.08 Å². The lowest BCUT2D eigenvalue weighted by molar-refractivity contribution is 0.731. The van der Waals surface area contributed by atoms with Crippen molar-refractivity contribution in [2.45, 2.75) is 46.5 Å². The standard InChI is InChI=1S/C16H22/c1-5-12(4)15-8-6-7-13-9-14(11(2)3)10-16(13)15/h6-8,10-12H,5,9H2,1-4H3. The normalized spacial score (nSPS) is 16.2. The van der Waals surface area contributed by atoms with Gasteiger partial charge in [0.2, 0.25) is 0 Å². The molecule has 1 aromatic rings. The van der Waals surface area contributed by atoms with Gasteiger partial charge in [0.1, 0.15) is 0 Å². The van der Waals surface area contributed by atoms with Crippen molar-refractivity contribution in [1.82, 2.24) is 0 Å². The van der Waals surface area contributed by atoms with Crippen molar-refractivity contribution in [1.29, 1.82) is 0 Å². The van der Waals surface area contributed by atoms with E-state index in [-0.39, 0.29) is 0 Å². The Bertz CT molecular complexity index is 410. The quantitative estimate of drug-likeness (QED) is 0.678. The van der Waals surface area contributed by atoms with Crippen molar-refractivity contribution >= 4 is 6.08 Å². The molecule has 0 aliphatic heterocycles. The smallest absolute Gasteiger partial charge is 0.00552 e. The van der Waals surface area contributed by atoms with E-state index in [1.54, 1.807) is 5.57 Å². The summed E-state index contributed by atoms with van der Waals surface area (Å²) in [5, 5.41) is 0. The summed E-state index contributed by atoms with van der Waals surface area (Å²) >= 11 is 0. The van der Waals surface area contributed by atoms with Gasteiger partial charge in [-0.15, -0.1) is 0 Å². The number of hydrogen-bond acceptors (Lipinski definition) is 0. The molecule has 0 aromatic heterocycles. The van der Waals surface area contributed by atoms with Crippen LogP contribution < -0.4 is 0 Å². The number of hydrogen-bond donors (Lipinski definition) is 0. The van der Waals surface area contributed by atoms with Crippen LogP contribution in [-0.2, 0) is 6.42 Å². The molecule has 1 atom stereocenters. The van der Waals surface area contributed by atoms with E-state index < -0.39 is 0 Å². The Morgan fingerprint density at radius 2 is 1.94 bits per heavy atom. The van der Waals surface area contributed by atoms with Crippen molar-refractivity contribution in [2.24, 2.45) is 5.92 Å². The van der Waals surface area contributed by atoms with E-state index in [1.807, 2.05) is 0 Å². The van der Waals surface area contributed by atoms with Crippen LogP contribution in [0.15, 0.2) is 23.8 Å². The van der Waals surface area contributed by atoms with Gasteiger partial charge in [0.15, 0.2) is 0 Å². The highest BCUT2D eigenvalue weighted by atomic mass is 14.2. The van der Waals surface area contributed by atoms with E-state index in [2.05, 4.69) is 52.0 Å². The van der Waals surface area contributed by atoms with Crippen LogP contribution in [0.4, 0.5) is 0 Å². The summed E-state index contributed by atoms with van der Waals surface area (Å²) in [6, 6.07) is 6.80. The summed E-state index contributed by atoms with van der Waals surface area (Å²) in [5.41, 5.74) is 6.17. The molecule has 0 nitrogen and oxygen atoms in total. The van der Waals surface area contributed by atoms with Crippen molar-refractivity contribution < 1.29 is 0 Å². The third-order valence-corrected chi connectivity index (χ3v) is 3.84. The molecule has 0 heteroatoms. The van der Waals surface area contributed by atoms with Crippen LogP contribution in [0.5, 0.6) is 0 Å². The zero-order valence-electron chi connectivity index (χ0n) is 10.9. The lowest BCUT2D eigenvalue weighted by Gasteiger charge is -2.13. The molecule has 0 heterocycles. The average molecular weight is 214 g/mol. The second-order valence-electron chi connectivity index (χ2n) is 5.28. The van der Waals surface area contributed by atoms with Gasteiger partial charge in [-0.25, -0.2) is 0 Å². The van der Waals surface area contributed by atoms with Crippen LogP contribution in [0.2, 0.25) is 0 Å². The number of benzene rings is 1. The van der Waals surface area contributed by atoms with Gasteiger partial charge in [0.05, 0.1) is 0 Å². The fourth-order valence-electron chi connectivity index (χ4n) is 2.44. The van der Waals surface area contributed by atoms with Crippen LogP contribution in [0.3, 0.4) is 0 Å². The molecule has 0 bridgehead atoms. The predicted molar refractivity (Wildman–Crippen MR) is 71.7 cm³/mol. The summed E-state index contributed by atoms with van der Waals surface area (Å²) in [6.07, 6.45) is 4.82. The van der Waals surface area contributed by atoms with E-state index in [0.29, 0.717) is 11.8 Å². The first-order chi connectivity index (χ1) is 7.63. The molecule has 1 unspecified atom stereocenters. The van der Waals surface area contributed by atoms with E-state index in [4.69, 9.17) is 0 Å². The lowest BCUT2D eigenvalue weighted by atomic mass is 9.92. The Morgan fingerprint density at radius 1 is 1.19 bits per heavy atom. The van der Waals surface area contributed by atoms with Gasteiger partial charge in [-0.2, -0.15) is 0 Å². The maximum absolute atomic E-state index is 2.43. The lowest BCUT2D eigenvalue weighted by Crippen LogP contribution is -1.96. The zero-order valence-corrected chi connectivity index (χ0v) is 10.9. The Morgan fingerprint density at radius 3 is 2.56 bits per heavy atom. The molecular weight excluding hydrogens is 192 g/mol. The van der Waals surface area contributed by atoms with E-state index >= 15 is 0 Å². The molecule has 16 heavy (non-hydrogen) atoms. The van der Waals surface area contributed by atoms with Crippen molar-refractivity contribution in [3.05, 3.63) is 40.5 Å². The minimum atomic E-state index is 0.678. The summed E-state index contributed by atoms with van der Waals surface area (Å²) < 4.78 is 0. The molecule has 1 aromatic carbocycles. The minimum Gasteiger partial charge on any atom is -0.0648 e. The molecule has 0 fully saturated rings. The van der Waals surface area contributed by atoms with E-state index in [0.717, 1.165) is 6.42 Å². The predicted octanol–water partition coefficient (Wildman–Crippen LogP) is 4.80. The fourth-order valence-corrected chi connectivity index (χ4v) is 2.44. The van der Waals surface area contributed by atoms with Gasteiger partial charge in [-0.3, -0.25) is 0 Å². The third-order valence-electron chi connectivity index (χ3n) is 3.84. The monoisotopic (exact) mass is 214 g/mol. The summed E-state index contributed by atoms with van der Waals surface area (Å²) in [4.78, 5) is 0. The van der Waals surface area contributed by atoms with Gasteiger partial charge in [0, 0.05) is 0 Å². The maximum Gasteiger partial charge on any atom is -0.00552 e. The Hall–Kier alpha value is -1.04. The number of rotatable bonds is 3. The molecule has 0 saturated carbocycles. The topological polar surface area (TPSA) is 0 Å². The SMILES string of the molecule is CCC(C)c1cccc2c1C=C(C(C)C)C2. The van der Waals surface area contributed by atoms with Crippen molar-refractivity contribution in [2.75, 3.05) is 0 Å². The van der Waals surface area contributed by atoms with Gasteiger partial charge < -0.3 is 0 Å². The minimum absolute atomic E-state index is 0.678. The summed E-state index contributed by atoms with van der Waals surface area (Å²) in [7, 11) is 0. The Balaban J connectivity index is 2.42. The average Bonchev–Trinajstić information content (AvgIpc) is 2.71. The van der Waals surface area contributed by atoms with Gasteiger partial charge >= 0.3 is 0 Å². The van der Waals surface area contributed by atoms with Crippen molar-refractivity contribution in [3.8, 4) is 0 Å². The molecule has 86 valence electrons. The molecule has 0 amide bonds. The molecule has 0 spiro atoms. The van der Waals surface area contributed by atoms with E-state index in [9.17, 15) is 0 Å². The molecule has 0 saturated heterocycles. The second kappa shape index (κ2) is 4.45. The first-order valence-electron chi connectivity index (χ1n) is 6.45. The Labute approximate surface area is 99.4 Å². The summed E-state index contributed by atoms with van der Waals surface area (Å²) in [6.45, 7) is 9.18. The van der Waals surface area contributed by atoms with Crippen LogP contribution in [0.1, 0.15) is 56.7 Å². The second-order valence-corrected chi connectivity index (χ2v) is 5.28. The van der Waals surface area contributed by atoms with E-state index in [1.165, 1.54) is 23.1 Å². The van der Waals surface area contributed by atoms with Crippen LogP contribution in [-0.4, -0.2) is 0 Å². The molecule has 2 rings (SSSR count). The summed E-state index contributed by atoms with van der Waals surface area (Å²) in [5.74, 6) is 1.36. The Kier molecular flexibility index (Phi) is 3.18. The largest absolute Gasteiger partial charge is 0.0648 e. The highest BCUT2D eigenvalue weighted by molar-refractivity contribution is 5.67. The molecule has 0 N–H and O–H groups in total. The highest BCUT2D eigenvalue weighted by Gasteiger charge is 2.19. The fraction of sp³-hybridized carbons (Fsp3) is 0.500.